The molecule has 6 nitrogen and oxygen atoms in total. The molecule has 2 aromatic carbocycles. The normalized spacial score (nSPS) is 10.2. The molecule has 0 unspecified atom stereocenters. The standard InChI is InChI=1S/C20H18N4O2/c1-13-3-7-16(8-4-13)22-19(26)18-11-12-21-20(24-18)23-17-9-5-15(6-10-17)14(2)25/h3-12H,1-2H3,(H,22,26)(H,21,23,24). The van der Waals surface area contributed by atoms with Gasteiger partial charge in [-0.1, -0.05) is 17.7 Å². The third-order valence-electron chi connectivity index (χ3n) is 3.75. The van der Waals surface area contributed by atoms with Crippen LogP contribution in [0.25, 0.3) is 0 Å². The van der Waals surface area contributed by atoms with Crippen molar-refractivity contribution >= 4 is 29.0 Å². The summed E-state index contributed by atoms with van der Waals surface area (Å²) in [6, 6.07) is 16.0. The summed E-state index contributed by atoms with van der Waals surface area (Å²) in [7, 11) is 0. The minimum Gasteiger partial charge on any atom is -0.324 e. The van der Waals surface area contributed by atoms with E-state index in [2.05, 4.69) is 20.6 Å². The summed E-state index contributed by atoms with van der Waals surface area (Å²) in [6.07, 6.45) is 1.52. The van der Waals surface area contributed by atoms with Crippen molar-refractivity contribution < 1.29 is 9.59 Å². The lowest BCUT2D eigenvalue weighted by molar-refractivity contribution is 0.101. The van der Waals surface area contributed by atoms with E-state index >= 15 is 0 Å². The maximum absolute atomic E-state index is 12.4. The van der Waals surface area contributed by atoms with Crippen LogP contribution in [0.3, 0.4) is 0 Å². The zero-order valence-electron chi connectivity index (χ0n) is 14.5. The zero-order chi connectivity index (χ0) is 18.5. The summed E-state index contributed by atoms with van der Waals surface area (Å²) in [5.41, 5.74) is 3.43. The van der Waals surface area contributed by atoms with Crippen LogP contribution in [-0.2, 0) is 0 Å². The van der Waals surface area contributed by atoms with Crippen LogP contribution in [0.2, 0.25) is 0 Å². The molecule has 26 heavy (non-hydrogen) atoms. The first kappa shape index (κ1) is 17.3. The van der Waals surface area contributed by atoms with Crippen molar-refractivity contribution in [3.63, 3.8) is 0 Å². The second-order valence-corrected chi connectivity index (χ2v) is 5.84. The number of ketones is 1. The summed E-state index contributed by atoms with van der Waals surface area (Å²) in [5, 5.41) is 5.83. The third-order valence-corrected chi connectivity index (χ3v) is 3.75. The van der Waals surface area contributed by atoms with Gasteiger partial charge in [-0.2, -0.15) is 0 Å². The van der Waals surface area contributed by atoms with Gasteiger partial charge in [0.1, 0.15) is 5.69 Å². The summed E-state index contributed by atoms with van der Waals surface area (Å²) < 4.78 is 0. The van der Waals surface area contributed by atoms with Gasteiger partial charge in [-0.3, -0.25) is 9.59 Å². The van der Waals surface area contributed by atoms with Gasteiger partial charge < -0.3 is 10.6 Å². The van der Waals surface area contributed by atoms with Gasteiger partial charge in [-0.05, 0) is 56.3 Å². The molecule has 3 rings (SSSR count). The number of amides is 1. The van der Waals surface area contributed by atoms with Crippen molar-refractivity contribution in [1.82, 2.24) is 9.97 Å². The number of aryl methyl sites for hydroxylation is 1. The number of nitrogens with zero attached hydrogens (tertiary/aromatic N) is 2. The summed E-state index contributed by atoms with van der Waals surface area (Å²) in [5.74, 6) is -0.00839. The Balaban J connectivity index is 1.72. The monoisotopic (exact) mass is 346 g/mol. The van der Waals surface area contributed by atoms with Gasteiger partial charge in [0.25, 0.3) is 5.91 Å². The lowest BCUT2D eigenvalue weighted by atomic mass is 10.1. The molecule has 0 aliphatic heterocycles. The van der Waals surface area contributed by atoms with Crippen molar-refractivity contribution in [3.8, 4) is 0 Å². The molecule has 0 aliphatic rings. The first-order valence-corrected chi connectivity index (χ1v) is 8.10. The van der Waals surface area contributed by atoms with Gasteiger partial charge in [-0.15, -0.1) is 0 Å². The largest absolute Gasteiger partial charge is 0.324 e. The Kier molecular flexibility index (Phi) is 5.03. The number of carbonyl (C=O) groups is 2. The van der Waals surface area contributed by atoms with Gasteiger partial charge >= 0.3 is 0 Å². The number of hydrogen-bond acceptors (Lipinski definition) is 5. The third kappa shape index (κ3) is 4.30. The van der Waals surface area contributed by atoms with Crippen molar-refractivity contribution in [2.45, 2.75) is 13.8 Å². The fourth-order valence-corrected chi connectivity index (χ4v) is 2.29. The first-order chi connectivity index (χ1) is 12.5. The molecule has 0 bridgehead atoms. The van der Waals surface area contributed by atoms with E-state index in [1.54, 1.807) is 30.3 Å². The zero-order valence-corrected chi connectivity index (χ0v) is 14.5. The molecule has 3 aromatic rings. The number of aromatic nitrogens is 2. The first-order valence-electron chi connectivity index (χ1n) is 8.10. The van der Waals surface area contributed by atoms with E-state index in [1.165, 1.54) is 13.1 Å². The van der Waals surface area contributed by atoms with Crippen LogP contribution in [0.1, 0.15) is 33.3 Å². The highest BCUT2D eigenvalue weighted by Gasteiger charge is 2.09. The van der Waals surface area contributed by atoms with E-state index in [9.17, 15) is 9.59 Å². The van der Waals surface area contributed by atoms with Crippen LogP contribution < -0.4 is 10.6 Å². The van der Waals surface area contributed by atoms with E-state index in [0.29, 0.717) is 17.2 Å². The highest BCUT2D eigenvalue weighted by Crippen LogP contribution is 2.15. The van der Waals surface area contributed by atoms with E-state index in [1.807, 2.05) is 31.2 Å². The Morgan fingerprint density at radius 1 is 0.885 bits per heavy atom. The number of carbonyl (C=O) groups excluding carboxylic acids is 2. The molecule has 0 atom stereocenters. The smallest absolute Gasteiger partial charge is 0.274 e. The van der Waals surface area contributed by atoms with Gasteiger partial charge in [0, 0.05) is 23.1 Å². The molecule has 0 aliphatic carbocycles. The van der Waals surface area contributed by atoms with Crippen molar-refractivity contribution in [2.75, 3.05) is 10.6 Å². The maximum atomic E-state index is 12.4. The maximum Gasteiger partial charge on any atom is 0.274 e. The predicted octanol–water partition coefficient (Wildman–Crippen LogP) is 3.98. The molecule has 6 heteroatoms. The quantitative estimate of drug-likeness (QED) is 0.683. The van der Waals surface area contributed by atoms with E-state index < -0.39 is 0 Å². The lowest BCUT2D eigenvalue weighted by Gasteiger charge is -2.08. The molecule has 1 amide bonds. The summed E-state index contributed by atoms with van der Waals surface area (Å²) in [4.78, 5) is 32.0. The van der Waals surface area contributed by atoms with E-state index in [0.717, 1.165) is 11.3 Å². The van der Waals surface area contributed by atoms with Crippen molar-refractivity contribution in [2.24, 2.45) is 0 Å². The number of nitrogens with one attached hydrogen (secondary N) is 2. The lowest BCUT2D eigenvalue weighted by Crippen LogP contribution is -2.14. The van der Waals surface area contributed by atoms with Gasteiger partial charge in [0.2, 0.25) is 5.95 Å². The Labute approximate surface area is 151 Å². The molecule has 2 N–H and O–H groups in total. The molecule has 0 radical (unpaired) electrons. The van der Waals surface area contributed by atoms with Gasteiger partial charge in [0.05, 0.1) is 0 Å². The molecular formula is C20H18N4O2. The van der Waals surface area contributed by atoms with Gasteiger partial charge in [0.15, 0.2) is 5.78 Å². The topological polar surface area (TPSA) is 84.0 Å². The van der Waals surface area contributed by atoms with Gasteiger partial charge in [-0.25, -0.2) is 9.97 Å². The second kappa shape index (κ2) is 7.57. The van der Waals surface area contributed by atoms with Crippen LogP contribution in [0.15, 0.2) is 60.8 Å². The van der Waals surface area contributed by atoms with Crippen molar-refractivity contribution in [1.29, 1.82) is 0 Å². The molecule has 1 heterocycles. The Hall–Kier alpha value is -3.54. The van der Waals surface area contributed by atoms with Crippen LogP contribution in [0.5, 0.6) is 0 Å². The fraction of sp³-hybridized carbons (Fsp3) is 0.100. The number of anilines is 3. The van der Waals surface area contributed by atoms with E-state index in [4.69, 9.17) is 0 Å². The van der Waals surface area contributed by atoms with Crippen LogP contribution in [0, 0.1) is 6.92 Å². The van der Waals surface area contributed by atoms with Crippen LogP contribution in [-0.4, -0.2) is 21.7 Å². The molecule has 0 saturated carbocycles. The molecule has 0 spiro atoms. The minimum absolute atomic E-state index is 0.00238. The SMILES string of the molecule is CC(=O)c1ccc(Nc2nccc(C(=O)Nc3ccc(C)cc3)n2)cc1. The highest BCUT2D eigenvalue weighted by molar-refractivity contribution is 6.03. The van der Waals surface area contributed by atoms with Crippen LogP contribution >= 0.6 is 0 Å². The average molecular weight is 346 g/mol. The number of Topliss-reactive ketones (excluding diaryl/α,β-unsaturated/α-hetero) is 1. The Bertz CT molecular complexity index is 935. The Morgan fingerprint density at radius 3 is 2.19 bits per heavy atom. The van der Waals surface area contributed by atoms with E-state index in [-0.39, 0.29) is 17.4 Å². The average Bonchev–Trinajstić information content (AvgIpc) is 2.64. The fourth-order valence-electron chi connectivity index (χ4n) is 2.29. The molecule has 130 valence electrons. The molecule has 0 fully saturated rings. The number of hydrogen-bond donors (Lipinski definition) is 2. The molecular weight excluding hydrogens is 328 g/mol. The van der Waals surface area contributed by atoms with Crippen molar-refractivity contribution in [3.05, 3.63) is 77.6 Å². The second-order valence-electron chi connectivity index (χ2n) is 5.84. The van der Waals surface area contributed by atoms with Crippen LogP contribution in [0.4, 0.5) is 17.3 Å². The minimum atomic E-state index is -0.314. The Morgan fingerprint density at radius 2 is 1.54 bits per heavy atom. The summed E-state index contributed by atoms with van der Waals surface area (Å²) >= 11 is 0. The number of benzene rings is 2. The molecule has 0 saturated heterocycles. The highest BCUT2D eigenvalue weighted by atomic mass is 16.2. The summed E-state index contributed by atoms with van der Waals surface area (Å²) in [6.45, 7) is 3.50. The number of rotatable bonds is 5. The predicted molar refractivity (Wildman–Crippen MR) is 101 cm³/mol. The molecule has 1 aromatic heterocycles.